The average Bonchev–Trinajstić information content (AvgIpc) is 2.41. The Labute approximate surface area is 121 Å². The zero-order valence-corrected chi connectivity index (χ0v) is 11.6. The standard InChI is InChI=1S/C15H14ClFN2O/c1-9(10-3-2-4-12(17)7-10)19-15(20)11-5-6-14(18)13(16)8-11/h2-9H,18H2,1H3,(H,19,20)/t9-/m1/s1. The molecule has 0 saturated carbocycles. The Balaban J connectivity index is 2.13. The summed E-state index contributed by atoms with van der Waals surface area (Å²) in [5.74, 6) is -0.622. The molecule has 104 valence electrons. The maximum atomic E-state index is 13.1. The van der Waals surface area contributed by atoms with Crippen molar-refractivity contribution in [1.29, 1.82) is 0 Å². The molecule has 0 unspecified atom stereocenters. The summed E-state index contributed by atoms with van der Waals surface area (Å²) in [6.45, 7) is 1.78. The number of hydrogen-bond donors (Lipinski definition) is 2. The van der Waals surface area contributed by atoms with Gasteiger partial charge in [-0.05, 0) is 42.8 Å². The van der Waals surface area contributed by atoms with Gasteiger partial charge in [0, 0.05) is 5.56 Å². The van der Waals surface area contributed by atoms with Gasteiger partial charge in [-0.15, -0.1) is 0 Å². The van der Waals surface area contributed by atoms with E-state index in [1.807, 2.05) is 0 Å². The van der Waals surface area contributed by atoms with Gasteiger partial charge in [0.15, 0.2) is 0 Å². The summed E-state index contributed by atoms with van der Waals surface area (Å²) in [4.78, 5) is 12.1. The fourth-order valence-electron chi connectivity index (χ4n) is 1.81. The van der Waals surface area contributed by atoms with Gasteiger partial charge in [-0.1, -0.05) is 23.7 Å². The molecule has 1 atom stereocenters. The van der Waals surface area contributed by atoms with E-state index >= 15 is 0 Å². The SMILES string of the molecule is C[C@@H](NC(=O)c1ccc(N)c(Cl)c1)c1cccc(F)c1. The van der Waals surface area contributed by atoms with Crippen LogP contribution in [0, 0.1) is 5.82 Å². The van der Waals surface area contributed by atoms with Crippen LogP contribution in [0.2, 0.25) is 5.02 Å². The fourth-order valence-corrected chi connectivity index (χ4v) is 1.99. The predicted molar refractivity (Wildman–Crippen MR) is 78.1 cm³/mol. The van der Waals surface area contributed by atoms with Crippen LogP contribution in [0.3, 0.4) is 0 Å². The molecule has 2 aromatic rings. The minimum atomic E-state index is -0.334. The van der Waals surface area contributed by atoms with Crippen LogP contribution in [-0.2, 0) is 0 Å². The van der Waals surface area contributed by atoms with Gasteiger partial charge in [0.2, 0.25) is 0 Å². The van der Waals surface area contributed by atoms with Gasteiger partial charge in [0.25, 0.3) is 5.91 Å². The molecular formula is C15H14ClFN2O. The molecule has 2 rings (SSSR count). The molecule has 0 bridgehead atoms. The molecule has 20 heavy (non-hydrogen) atoms. The lowest BCUT2D eigenvalue weighted by molar-refractivity contribution is 0.0940. The Morgan fingerprint density at radius 3 is 2.70 bits per heavy atom. The zero-order chi connectivity index (χ0) is 14.7. The van der Waals surface area contributed by atoms with E-state index in [4.69, 9.17) is 17.3 Å². The molecule has 0 aliphatic rings. The number of nitrogen functional groups attached to an aromatic ring is 1. The van der Waals surface area contributed by atoms with Crippen LogP contribution in [0.4, 0.5) is 10.1 Å². The van der Waals surface area contributed by atoms with Crippen molar-refractivity contribution < 1.29 is 9.18 Å². The normalized spacial score (nSPS) is 11.9. The third kappa shape index (κ3) is 3.27. The quantitative estimate of drug-likeness (QED) is 0.850. The van der Waals surface area contributed by atoms with E-state index in [2.05, 4.69) is 5.32 Å². The van der Waals surface area contributed by atoms with E-state index in [9.17, 15) is 9.18 Å². The van der Waals surface area contributed by atoms with E-state index < -0.39 is 0 Å². The van der Waals surface area contributed by atoms with E-state index in [0.29, 0.717) is 21.8 Å². The number of nitrogens with two attached hydrogens (primary N) is 1. The second kappa shape index (κ2) is 5.92. The van der Waals surface area contributed by atoms with Gasteiger partial charge in [-0.25, -0.2) is 4.39 Å². The van der Waals surface area contributed by atoms with Crippen molar-refractivity contribution in [3.05, 3.63) is 64.4 Å². The highest BCUT2D eigenvalue weighted by molar-refractivity contribution is 6.33. The van der Waals surface area contributed by atoms with Crippen LogP contribution in [0.25, 0.3) is 0 Å². The van der Waals surface area contributed by atoms with Crippen molar-refractivity contribution >= 4 is 23.2 Å². The largest absolute Gasteiger partial charge is 0.398 e. The average molecular weight is 293 g/mol. The molecule has 1 amide bonds. The van der Waals surface area contributed by atoms with Crippen LogP contribution in [0.1, 0.15) is 28.9 Å². The van der Waals surface area contributed by atoms with Crippen LogP contribution in [-0.4, -0.2) is 5.91 Å². The third-order valence-corrected chi connectivity index (χ3v) is 3.29. The number of hydrogen-bond acceptors (Lipinski definition) is 2. The summed E-state index contributed by atoms with van der Waals surface area (Å²) >= 11 is 5.88. The van der Waals surface area contributed by atoms with Gasteiger partial charge >= 0.3 is 0 Å². The summed E-state index contributed by atoms with van der Waals surface area (Å²) in [6, 6.07) is 10.5. The number of anilines is 1. The van der Waals surface area contributed by atoms with Crippen LogP contribution in [0.15, 0.2) is 42.5 Å². The number of halogens is 2. The van der Waals surface area contributed by atoms with Crippen molar-refractivity contribution in [3.63, 3.8) is 0 Å². The van der Waals surface area contributed by atoms with Gasteiger partial charge in [-0.2, -0.15) is 0 Å². The molecule has 0 spiro atoms. The molecule has 0 saturated heterocycles. The summed E-state index contributed by atoms with van der Waals surface area (Å²) in [6.07, 6.45) is 0. The number of rotatable bonds is 3. The molecular weight excluding hydrogens is 279 g/mol. The number of nitrogens with one attached hydrogen (secondary N) is 1. The lowest BCUT2D eigenvalue weighted by Gasteiger charge is -2.14. The Kier molecular flexibility index (Phi) is 4.25. The summed E-state index contributed by atoms with van der Waals surface area (Å²) in [7, 11) is 0. The second-order valence-electron chi connectivity index (χ2n) is 4.49. The predicted octanol–water partition coefficient (Wildman–Crippen LogP) is 3.55. The van der Waals surface area contributed by atoms with Gasteiger partial charge < -0.3 is 11.1 Å². The minimum absolute atomic E-state index is 0.288. The number of carbonyl (C=O) groups is 1. The maximum absolute atomic E-state index is 13.1. The van der Waals surface area contributed by atoms with Crippen LogP contribution in [0.5, 0.6) is 0 Å². The molecule has 3 nitrogen and oxygen atoms in total. The van der Waals surface area contributed by atoms with Gasteiger partial charge in [0.05, 0.1) is 16.8 Å². The van der Waals surface area contributed by atoms with E-state index in [0.717, 1.165) is 0 Å². The van der Waals surface area contributed by atoms with Crippen LogP contribution < -0.4 is 11.1 Å². The monoisotopic (exact) mass is 292 g/mol. The fraction of sp³-hybridized carbons (Fsp3) is 0.133. The first-order chi connectivity index (χ1) is 9.47. The Morgan fingerprint density at radius 2 is 2.05 bits per heavy atom. The van der Waals surface area contributed by atoms with Crippen molar-refractivity contribution in [2.45, 2.75) is 13.0 Å². The highest BCUT2D eigenvalue weighted by Gasteiger charge is 2.12. The lowest BCUT2D eigenvalue weighted by atomic mass is 10.1. The molecule has 3 N–H and O–H groups in total. The van der Waals surface area contributed by atoms with Crippen molar-refractivity contribution in [2.24, 2.45) is 0 Å². The highest BCUT2D eigenvalue weighted by atomic mass is 35.5. The first-order valence-corrected chi connectivity index (χ1v) is 6.46. The molecule has 0 heterocycles. The summed E-state index contributed by atoms with van der Waals surface area (Å²) in [5, 5.41) is 3.11. The molecule has 0 fully saturated rings. The lowest BCUT2D eigenvalue weighted by Crippen LogP contribution is -2.26. The molecule has 0 aliphatic carbocycles. The second-order valence-corrected chi connectivity index (χ2v) is 4.89. The van der Waals surface area contributed by atoms with Crippen molar-refractivity contribution in [3.8, 4) is 0 Å². The van der Waals surface area contributed by atoms with E-state index in [1.165, 1.54) is 18.2 Å². The number of amides is 1. The van der Waals surface area contributed by atoms with Crippen LogP contribution >= 0.6 is 11.6 Å². The number of benzene rings is 2. The zero-order valence-electron chi connectivity index (χ0n) is 10.9. The van der Waals surface area contributed by atoms with Crippen molar-refractivity contribution in [2.75, 3.05) is 5.73 Å². The third-order valence-electron chi connectivity index (χ3n) is 2.96. The topological polar surface area (TPSA) is 55.1 Å². The minimum Gasteiger partial charge on any atom is -0.398 e. The molecule has 0 aliphatic heterocycles. The summed E-state index contributed by atoms with van der Waals surface area (Å²) < 4.78 is 13.1. The molecule has 5 heteroatoms. The smallest absolute Gasteiger partial charge is 0.251 e. The first kappa shape index (κ1) is 14.3. The first-order valence-electron chi connectivity index (χ1n) is 6.08. The van der Waals surface area contributed by atoms with E-state index in [-0.39, 0.29) is 17.8 Å². The van der Waals surface area contributed by atoms with E-state index in [1.54, 1.807) is 31.2 Å². The number of carbonyl (C=O) groups excluding carboxylic acids is 1. The highest BCUT2D eigenvalue weighted by Crippen LogP contribution is 2.20. The molecule has 0 aromatic heterocycles. The molecule has 0 radical (unpaired) electrons. The maximum Gasteiger partial charge on any atom is 0.251 e. The Bertz CT molecular complexity index is 646. The molecule has 2 aromatic carbocycles. The Morgan fingerprint density at radius 1 is 1.30 bits per heavy atom. The van der Waals surface area contributed by atoms with Gasteiger partial charge in [-0.3, -0.25) is 4.79 Å². The summed E-state index contributed by atoms with van der Waals surface area (Å²) in [5.41, 5.74) is 7.11. The van der Waals surface area contributed by atoms with Gasteiger partial charge in [0.1, 0.15) is 5.82 Å². The Hall–Kier alpha value is -2.07. The van der Waals surface area contributed by atoms with Crippen molar-refractivity contribution in [1.82, 2.24) is 5.32 Å².